The molecule has 158 valence electrons. The van der Waals surface area contributed by atoms with Crippen molar-refractivity contribution in [3.63, 3.8) is 0 Å². The van der Waals surface area contributed by atoms with Crippen molar-refractivity contribution < 1.29 is 19.7 Å². The third-order valence-electron chi connectivity index (χ3n) is 3.14. The van der Waals surface area contributed by atoms with E-state index >= 15 is 0 Å². The summed E-state index contributed by atoms with van der Waals surface area (Å²) in [6, 6.07) is 15.4. The van der Waals surface area contributed by atoms with Gasteiger partial charge >= 0.3 is 0 Å². The SMILES string of the molecule is C=CCCc1ccc(O)cc1.CC=O.CCc1ccc(OC)cc1.CN.CO. The maximum atomic E-state index is 8.96. The van der Waals surface area contributed by atoms with Crippen molar-refractivity contribution >= 4 is 6.29 Å². The molecule has 5 heteroatoms. The summed E-state index contributed by atoms with van der Waals surface area (Å²) in [4.78, 5) is 8.81. The van der Waals surface area contributed by atoms with Crippen molar-refractivity contribution in [3.05, 3.63) is 72.3 Å². The van der Waals surface area contributed by atoms with E-state index in [9.17, 15) is 0 Å². The van der Waals surface area contributed by atoms with Gasteiger partial charge in [-0.3, -0.25) is 0 Å². The summed E-state index contributed by atoms with van der Waals surface area (Å²) in [5.74, 6) is 1.25. The van der Waals surface area contributed by atoms with E-state index in [0.717, 1.165) is 38.4 Å². The van der Waals surface area contributed by atoms with E-state index in [1.165, 1.54) is 25.1 Å². The van der Waals surface area contributed by atoms with Gasteiger partial charge in [-0.05, 0) is 68.6 Å². The van der Waals surface area contributed by atoms with Crippen LogP contribution in [0.1, 0.15) is 31.4 Å². The molecule has 28 heavy (non-hydrogen) atoms. The fourth-order valence-electron chi connectivity index (χ4n) is 1.79. The van der Waals surface area contributed by atoms with E-state index in [2.05, 4.69) is 31.4 Å². The summed E-state index contributed by atoms with van der Waals surface area (Å²) in [5.41, 5.74) is 7.09. The zero-order valence-electron chi connectivity index (χ0n) is 17.9. The Balaban J connectivity index is -0.000000340. The first kappa shape index (κ1) is 30.1. The Morgan fingerprint density at radius 2 is 1.43 bits per heavy atom. The number of aromatic hydroxyl groups is 1. The van der Waals surface area contributed by atoms with Crippen LogP contribution in [0.2, 0.25) is 0 Å². The first-order valence-corrected chi connectivity index (χ1v) is 9.05. The molecular weight excluding hydrogens is 354 g/mol. The van der Waals surface area contributed by atoms with E-state index in [1.54, 1.807) is 19.2 Å². The van der Waals surface area contributed by atoms with Crippen LogP contribution in [0.4, 0.5) is 0 Å². The number of hydrogen-bond donors (Lipinski definition) is 3. The van der Waals surface area contributed by atoms with Crippen LogP contribution in [-0.2, 0) is 17.6 Å². The Bertz CT molecular complexity index is 543. The van der Waals surface area contributed by atoms with Gasteiger partial charge in [-0.15, -0.1) is 6.58 Å². The van der Waals surface area contributed by atoms with E-state index in [1.807, 2.05) is 30.3 Å². The lowest BCUT2D eigenvalue weighted by molar-refractivity contribution is -0.106. The quantitative estimate of drug-likeness (QED) is 0.526. The lowest BCUT2D eigenvalue weighted by atomic mass is 10.1. The highest BCUT2D eigenvalue weighted by Crippen LogP contribution is 2.11. The summed E-state index contributed by atoms with van der Waals surface area (Å²) in [6.45, 7) is 7.23. The molecule has 2 aromatic rings. The molecule has 0 aliphatic heterocycles. The number of hydrogen-bond acceptors (Lipinski definition) is 5. The third-order valence-corrected chi connectivity index (χ3v) is 3.14. The lowest BCUT2D eigenvalue weighted by Crippen LogP contribution is -1.83. The van der Waals surface area contributed by atoms with Crippen molar-refractivity contribution in [2.75, 3.05) is 21.3 Å². The Morgan fingerprint density at radius 1 is 1.00 bits per heavy atom. The average Bonchev–Trinajstić information content (AvgIpc) is 2.77. The summed E-state index contributed by atoms with van der Waals surface area (Å²) >= 11 is 0. The lowest BCUT2D eigenvalue weighted by Gasteiger charge is -1.99. The van der Waals surface area contributed by atoms with Gasteiger partial charge in [0.25, 0.3) is 0 Å². The van der Waals surface area contributed by atoms with Crippen LogP contribution >= 0.6 is 0 Å². The molecule has 0 unspecified atom stereocenters. The van der Waals surface area contributed by atoms with Gasteiger partial charge < -0.3 is 25.5 Å². The van der Waals surface area contributed by atoms with E-state index in [4.69, 9.17) is 19.7 Å². The molecule has 4 N–H and O–H groups in total. The minimum Gasteiger partial charge on any atom is -0.508 e. The smallest absolute Gasteiger partial charge is 0.118 e. The van der Waals surface area contributed by atoms with Crippen LogP contribution in [0.15, 0.2) is 61.2 Å². The van der Waals surface area contributed by atoms with Gasteiger partial charge in [0.1, 0.15) is 17.8 Å². The number of aliphatic hydroxyl groups is 1. The van der Waals surface area contributed by atoms with Crippen LogP contribution in [0.5, 0.6) is 11.5 Å². The largest absolute Gasteiger partial charge is 0.508 e. The molecule has 0 saturated heterocycles. The Morgan fingerprint density at radius 3 is 1.79 bits per heavy atom. The number of aldehydes is 1. The second-order valence-corrected chi connectivity index (χ2v) is 4.93. The van der Waals surface area contributed by atoms with Crippen molar-refractivity contribution in [2.45, 2.75) is 33.1 Å². The summed E-state index contributed by atoms with van der Waals surface area (Å²) in [7, 11) is 4.18. The van der Waals surface area contributed by atoms with Gasteiger partial charge in [0.15, 0.2) is 0 Å². The second kappa shape index (κ2) is 24.4. The van der Waals surface area contributed by atoms with Crippen molar-refractivity contribution in [1.82, 2.24) is 0 Å². The highest BCUT2D eigenvalue weighted by Gasteiger charge is 1.90. The highest BCUT2D eigenvalue weighted by atomic mass is 16.5. The Kier molecular flexibility index (Phi) is 26.2. The van der Waals surface area contributed by atoms with E-state index in [0.29, 0.717) is 5.75 Å². The number of methoxy groups -OCH3 is 1. The molecule has 0 saturated carbocycles. The minimum absolute atomic E-state index is 0.326. The van der Waals surface area contributed by atoms with Crippen molar-refractivity contribution in [2.24, 2.45) is 5.73 Å². The number of rotatable bonds is 5. The predicted molar refractivity (Wildman–Crippen MR) is 119 cm³/mol. The molecule has 0 aliphatic carbocycles. The van der Waals surface area contributed by atoms with Crippen molar-refractivity contribution in [3.8, 4) is 11.5 Å². The Labute approximate surface area is 170 Å². The number of nitrogens with two attached hydrogens (primary N) is 1. The van der Waals surface area contributed by atoms with Gasteiger partial charge in [-0.25, -0.2) is 0 Å². The molecule has 0 radical (unpaired) electrons. The number of benzene rings is 2. The van der Waals surface area contributed by atoms with Crippen molar-refractivity contribution in [1.29, 1.82) is 0 Å². The number of ether oxygens (including phenoxy) is 1. The van der Waals surface area contributed by atoms with Gasteiger partial charge in [-0.1, -0.05) is 37.3 Å². The Hall–Kier alpha value is -2.63. The number of phenols is 1. The number of allylic oxidation sites excluding steroid dienone is 1. The molecule has 2 aromatic carbocycles. The molecule has 0 fully saturated rings. The fourth-order valence-corrected chi connectivity index (χ4v) is 1.79. The number of carbonyl (C=O) groups excluding carboxylic acids is 1. The molecule has 0 amide bonds. The standard InChI is InChI=1S/C10H12O.C9H12O.C2H4O.CH5N.CH4O/c1-2-3-4-9-5-7-10(11)8-6-9;1-3-8-4-6-9(10-2)7-5-8;1-2-3;2*1-2/h2,5-8,11H,1,3-4H2;4-7H,3H2,1-2H3;2H,1H3;2H2,1H3;2H,1H3. The monoisotopic (exact) mass is 391 g/mol. The number of aryl methyl sites for hydroxylation is 2. The first-order valence-electron chi connectivity index (χ1n) is 9.05. The molecule has 0 bridgehead atoms. The van der Waals surface area contributed by atoms with Crippen LogP contribution in [0.3, 0.4) is 0 Å². The minimum atomic E-state index is 0.326. The van der Waals surface area contributed by atoms with Crippen LogP contribution < -0.4 is 10.5 Å². The maximum Gasteiger partial charge on any atom is 0.118 e. The van der Waals surface area contributed by atoms with Gasteiger partial charge in [0, 0.05) is 7.11 Å². The molecule has 0 spiro atoms. The van der Waals surface area contributed by atoms with Gasteiger partial charge in [-0.2, -0.15) is 0 Å². The average molecular weight is 392 g/mol. The molecule has 0 aromatic heterocycles. The summed E-state index contributed by atoms with van der Waals surface area (Å²) in [6.07, 6.45) is 5.73. The zero-order chi connectivity index (χ0) is 22.2. The first-order chi connectivity index (χ1) is 13.6. The fraction of sp³-hybridized carbons (Fsp3) is 0.348. The van der Waals surface area contributed by atoms with E-state index < -0.39 is 0 Å². The molecular formula is C23H37NO4. The highest BCUT2D eigenvalue weighted by molar-refractivity contribution is 5.44. The molecule has 0 atom stereocenters. The number of carbonyl (C=O) groups is 1. The third kappa shape index (κ3) is 18.2. The molecule has 0 heterocycles. The normalized spacial score (nSPS) is 7.96. The van der Waals surface area contributed by atoms with E-state index in [-0.39, 0.29) is 0 Å². The van der Waals surface area contributed by atoms with Crippen LogP contribution in [0.25, 0.3) is 0 Å². The summed E-state index contributed by atoms with van der Waals surface area (Å²) in [5, 5.41) is 16.0. The second-order valence-electron chi connectivity index (χ2n) is 4.93. The maximum absolute atomic E-state index is 8.96. The van der Waals surface area contributed by atoms with Gasteiger partial charge in [0.05, 0.1) is 7.11 Å². The molecule has 2 rings (SSSR count). The molecule has 5 nitrogen and oxygen atoms in total. The number of aliphatic hydroxyl groups excluding tert-OH is 1. The zero-order valence-corrected chi connectivity index (χ0v) is 17.9. The number of phenolic OH excluding ortho intramolecular Hbond substituents is 1. The van der Waals surface area contributed by atoms with Crippen LogP contribution in [0, 0.1) is 0 Å². The van der Waals surface area contributed by atoms with Gasteiger partial charge in [0.2, 0.25) is 0 Å². The molecule has 0 aliphatic rings. The topological polar surface area (TPSA) is 92.8 Å². The van der Waals surface area contributed by atoms with Crippen LogP contribution in [-0.4, -0.2) is 37.8 Å². The summed E-state index contributed by atoms with van der Waals surface area (Å²) < 4.78 is 5.01. The predicted octanol–water partition coefficient (Wildman–Crippen LogP) is 4.16.